The number of rotatable bonds is 3. The highest BCUT2D eigenvalue weighted by Crippen LogP contribution is 2.47. The first-order valence-electron chi connectivity index (χ1n) is 6.52. The largest absolute Gasteiger partial charge is 0.369 e. The summed E-state index contributed by atoms with van der Waals surface area (Å²) in [6, 6.07) is 2.08. The van der Waals surface area contributed by atoms with Gasteiger partial charge in [0, 0.05) is 22.8 Å². The van der Waals surface area contributed by atoms with Crippen LogP contribution >= 0.6 is 15.9 Å². The smallest absolute Gasteiger partial charge is 0.0681 e. The van der Waals surface area contributed by atoms with Crippen molar-refractivity contribution in [3.63, 3.8) is 0 Å². The maximum Gasteiger partial charge on any atom is 0.0681 e. The normalized spacial score (nSPS) is 26.3. The zero-order valence-corrected chi connectivity index (χ0v) is 13.5. The fraction of sp³-hybridized carbons (Fsp3) is 0.643. The van der Waals surface area contributed by atoms with Crippen LogP contribution < -0.4 is 11.3 Å². The van der Waals surface area contributed by atoms with E-state index in [-0.39, 0.29) is 17.2 Å². The Morgan fingerprint density at radius 2 is 2.11 bits per heavy atom. The molecule has 0 spiro atoms. The van der Waals surface area contributed by atoms with Crippen molar-refractivity contribution in [2.45, 2.75) is 51.4 Å². The highest BCUT2D eigenvalue weighted by atomic mass is 79.9. The Bertz CT molecular complexity index is 462. The van der Waals surface area contributed by atoms with Gasteiger partial charge in [0.25, 0.3) is 0 Å². The summed E-state index contributed by atoms with van der Waals surface area (Å²) in [5.41, 5.74) is 3.68. The Hall–Kier alpha value is -0.490. The maximum absolute atomic E-state index is 6.16. The number of hydrazine groups is 1. The molecule has 0 bridgehead atoms. The average molecular weight is 328 g/mol. The Labute approximate surface area is 123 Å². The Morgan fingerprint density at radius 3 is 2.58 bits per heavy atom. The molecule has 1 aliphatic heterocycles. The van der Waals surface area contributed by atoms with Crippen LogP contribution in [0.15, 0.2) is 22.9 Å². The molecule has 2 heterocycles. The number of hydrogen-bond acceptors (Lipinski definition) is 4. The van der Waals surface area contributed by atoms with Crippen molar-refractivity contribution in [1.29, 1.82) is 0 Å². The van der Waals surface area contributed by atoms with Gasteiger partial charge in [-0.05, 0) is 61.7 Å². The lowest BCUT2D eigenvalue weighted by atomic mass is 9.79. The molecule has 1 aliphatic rings. The average Bonchev–Trinajstić information content (AvgIpc) is 2.48. The molecule has 2 rings (SSSR count). The molecule has 0 aliphatic carbocycles. The quantitative estimate of drug-likeness (QED) is 0.662. The molecule has 0 aromatic carbocycles. The molecule has 2 unspecified atom stereocenters. The van der Waals surface area contributed by atoms with Crippen LogP contribution in [0.1, 0.15) is 45.7 Å². The first-order valence-corrected chi connectivity index (χ1v) is 7.31. The lowest BCUT2D eigenvalue weighted by molar-refractivity contribution is -0.0779. The van der Waals surface area contributed by atoms with E-state index in [1.165, 1.54) is 0 Å². The molecule has 1 fully saturated rings. The summed E-state index contributed by atoms with van der Waals surface area (Å²) in [4.78, 5) is 4.23. The Morgan fingerprint density at radius 1 is 1.42 bits per heavy atom. The first kappa shape index (κ1) is 14.9. The number of nitrogens with two attached hydrogens (primary N) is 1. The second kappa shape index (κ2) is 5.13. The van der Waals surface area contributed by atoms with Gasteiger partial charge < -0.3 is 4.74 Å². The molecule has 5 heteroatoms. The second-order valence-corrected chi connectivity index (χ2v) is 7.27. The minimum atomic E-state index is -0.219. The van der Waals surface area contributed by atoms with Crippen molar-refractivity contribution in [2.75, 3.05) is 0 Å². The van der Waals surface area contributed by atoms with Crippen molar-refractivity contribution in [2.24, 2.45) is 11.8 Å². The molecule has 0 radical (unpaired) electrons. The topological polar surface area (TPSA) is 60.2 Å². The maximum atomic E-state index is 6.16. The van der Waals surface area contributed by atoms with Gasteiger partial charge in [-0.3, -0.25) is 16.3 Å². The van der Waals surface area contributed by atoms with E-state index in [9.17, 15) is 0 Å². The van der Waals surface area contributed by atoms with E-state index < -0.39 is 0 Å². The molecule has 3 N–H and O–H groups in total. The van der Waals surface area contributed by atoms with Crippen LogP contribution in [0.3, 0.4) is 0 Å². The summed E-state index contributed by atoms with van der Waals surface area (Å²) in [7, 11) is 0. The van der Waals surface area contributed by atoms with E-state index in [1.807, 2.05) is 6.20 Å². The van der Waals surface area contributed by atoms with Gasteiger partial charge in [-0.25, -0.2) is 0 Å². The minimum Gasteiger partial charge on any atom is -0.369 e. The van der Waals surface area contributed by atoms with E-state index in [0.717, 1.165) is 16.5 Å². The summed E-state index contributed by atoms with van der Waals surface area (Å²) in [6.45, 7) is 8.51. The Balaban J connectivity index is 2.32. The van der Waals surface area contributed by atoms with Gasteiger partial charge in [-0.1, -0.05) is 0 Å². The minimum absolute atomic E-state index is 0.0294. The van der Waals surface area contributed by atoms with E-state index in [1.54, 1.807) is 6.20 Å². The van der Waals surface area contributed by atoms with E-state index in [4.69, 9.17) is 10.6 Å². The van der Waals surface area contributed by atoms with Gasteiger partial charge in [0.05, 0.1) is 17.2 Å². The lowest BCUT2D eigenvalue weighted by Crippen LogP contribution is -2.41. The molecular formula is C14H22BrN3O. The molecule has 1 aromatic heterocycles. The van der Waals surface area contributed by atoms with Crippen LogP contribution in [0.5, 0.6) is 0 Å². The molecule has 0 saturated carbocycles. The molecule has 106 valence electrons. The number of nitrogens with one attached hydrogen (secondary N) is 1. The highest BCUT2D eigenvalue weighted by molar-refractivity contribution is 9.10. The number of pyridine rings is 1. The summed E-state index contributed by atoms with van der Waals surface area (Å²) < 4.78 is 7.12. The second-order valence-electron chi connectivity index (χ2n) is 6.36. The van der Waals surface area contributed by atoms with E-state index in [0.29, 0.717) is 5.92 Å². The molecule has 19 heavy (non-hydrogen) atoms. The van der Waals surface area contributed by atoms with Crippen molar-refractivity contribution in [3.8, 4) is 0 Å². The van der Waals surface area contributed by atoms with Gasteiger partial charge >= 0.3 is 0 Å². The number of ether oxygens (including phenoxy) is 1. The van der Waals surface area contributed by atoms with Gasteiger partial charge in [-0.2, -0.15) is 0 Å². The molecular weight excluding hydrogens is 306 g/mol. The van der Waals surface area contributed by atoms with Gasteiger partial charge in [-0.15, -0.1) is 0 Å². The summed E-state index contributed by atoms with van der Waals surface area (Å²) in [5.74, 6) is 6.09. The lowest BCUT2D eigenvalue weighted by Gasteiger charge is -2.32. The first-order chi connectivity index (χ1) is 8.75. The van der Waals surface area contributed by atoms with Crippen LogP contribution in [-0.4, -0.2) is 16.2 Å². The van der Waals surface area contributed by atoms with Gasteiger partial charge in [0.1, 0.15) is 0 Å². The van der Waals surface area contributed by atoms with Gasteiger partial charge in [0.15, 0.2) is 0 Å². The van der Waals surface area contributed by atoms with Gasteiger partial charge in [0.2, 0.25) is 0 Å². The third kappa shape index (κ3) is 3.16. The Kier molecular flexibility index (Phi) is 4.02. The number of hydrogen-bond donors (Lipinski definition) is 2. The van der Waals surface area contributed by atoms with Crippen molar-refractivity contribution >= 4 is 15.9 Å². The predicted molar refractivity (Wildman–Crippen MR) is 79.4 cm³/mol. The predicted octanol–water partition coefficient (Wildman–Crippen LogP) is 2.94. The number of nitrogens with zero attached hydrogens (tertiary/aromatic N) is 1. The third-order valence-corrected chi connectivity index (χ3v) is 4.24. The summed E-state index contributed by atoms with van der Waals surface area (Å²) >= 11 is 3.46. The van der Waals surface area contributed by atoms with E-state index in [2.05, 4.69) is 60.1 Å². The number of halogens is 1. The van der Waals surface area contributed by atoms with Crippen molar-refractivity contribution in [3.05, 3.63) is 28.5 Å². The van der Waals surface area contributed by atoms with Crippen LogP contribution in [0.2, 0.25) is 0 Å². The van der Waals surface area contributed by atoms with E-state index >= 15 is 0 Å². The molecule has 1 saturated heterocycles. The zero-order chi connectivity index (χ0) is 14.3. The van der Waals surface area contributed by atoms with Crippen molar-refractivity contribution in [1.82, 2.24) is 10.4 Å². The number of aromatic nitrogens is 1. The summed E-state index contributed by atoms with van der Waals surface area (Å²) in [6.07, 6.45) is 4.59. The van der Waals surface area contributed by atoms with Crippen molar-refractivity contribution < 1.29 is 4.74 Å². The standard InChI is InChI=1S/C14H22BrN3O/c1-13(2)6-11(14(3,4)19-13)12(18-16)9-5-10(15)8-17-7-9/h5,7-8,11-12,18H,6,16H2,1-4H3. The van der Waals surface area contributed by atoms with Crippen LogP contribution in [0.4, 0.5) is 0 Å². The highest BCUT2D eigenvalue weighted by Gasteiger charge is 2.49. The zero-order valence-electron chi connectivity index (χ0n) is 11.9. The third-order valence-electron chi connectivity index (χ3n) is 3.81. The fourth-order valence-corrected chi connectivity index (χ4v) is 3.55. The fourth-order valence-electron chi connectivity index (χ4n) is 3.17. The molecule has 1 aromatic rings. The molecule has 2 atom stereocenters. The van der Waals surface area contributed by atoms with Crippen LogP contribution in [0, 0.1) is 5.92 Å². The van der Waals surface area contributed by atoms with Crippen LogP contribution in [-0.2, 0) is 4.74 Å². The molecule has 4 nitrogen and oxygen atoms in total. The molecule has 0 amide bonds. The van der Waals surface area contributed by atoms with Crippen LogP contribution in [0.25, 0.3) is 0 Å². The SMILES string of the molecule is CC1(C)CC(C(NN)c2cncc(Br)c2)C(C)(C)O1. The summed E-state index contributed by atoms with van der Waals surface area (Å²) in [5, 5.41) is 0. The monoisotopic (exact) mass is 327 g/mol.